The highest BCUT2D eigenvalue weighted by Crippen LogP contribution is 2.26. The van der Waals surface area contributed by atoms with Gasteiger partial charge in [-0.1, -0.05) is 41.5 Å². The second-order valence-electron chi connectivity index (χ2n) is 5.10. The van der Waals surface area contributed by atoms with Crippen LogP contribution in [0.1, 0.15) is 16.8 Å². The number of fused-ring (bicyclic) bond motifs is 1. The van der Waals surface area contributed by atoms with Crippen LogP contribution in [0.25, 0.3) is 0 Å². The third-order valence-corrected chi connectivity index (χ3v) is 5.05. The van der Waals surface area contributed by atoms with Gasteiger partial charge in [-0.3, -0.25) is 14.3 Å². The van der Waals surface area contributed by atoms with Crippen molar-refractivity contribution < 1.29 is 9.90 Å². The van der Waals surface area contributed by atoms with Crippen molar-refractivity contribution in [2.75, 3.05) is 6.54 Å². The number of benzene rings is 1. The lowest BCUT2D eigenvalue weighted by molar-refractivity contribution is -0.136. The minimum Gasteiger partial charge on any atom is -0.480 e. The van der Waals surface area contributed by atoms with E-state index in [2.05, 4.69) is 0 Å². The molecule has 0 bridgehead atoms. The zero-order valence-corrected chi connectivity index (χ0v) is 14.8. The number of nitrogens with zero attached hydrogens (tertiary/aromatic N) is 2. The maximum absolute atomic E-state index is 10.9. The molecule has 1 aliphatic heterocycles. The zero-order valence-electron chi connectivity index (χ0n) is 11.6. The SMILES string of the molecule is O=C(O)CN1C(=S)c2cc(Cc3ccc(Cl)c(Cl)c3)cn2C1=S. The van der Waals surface area contributed by atoms with E-state index in [-0.39, 0.29) is 6.54 Å². The van der Waals surface area contributed by atoms with Crippen LogP contribution in [-0.4, -0.2) is 37.2 Å². The second-order valence-corrected chi connectivity index (χ2v) is 6.66. The van der Waals surface area contributed by atoms with Gasteiger partial charge in [0, 0.05) is 6.20 Å². The summed E-state index contributed by atoms with van der Waals surface area (Å²) in [5, 5.41) is 10.3. The molecule has 0 saturated heterocycles. The van der Waals surface area contributed by atoms with E-state index >= 15 is 0 Å². The van der Waals surface area contributed by atoms with Gasteiger partial charge in [0.05, 0.1) is 15.7 Å². The Hall–Kier alpha value is -1.47. The van der Waals surface area contributed by atoms with Gasteiger partial charge in [0.15, 0.2) is 5.11 Å². The van der Waals surface area contributed by atoms with Crippen LogP contribution in [0.4, 0.5) is 0 Å². The summed E-state index contributed by atoms with van der Waals surface area (Å²) in [5.74, 6) is -0.975. The quantitative estimate of drug-likeness (QED) is 0.815. The molecule has 1 aliphatic rings. The lowest BCUT2D eigenvalue weighted by Gasteiger charge is -2.14. The predicted molar refractivity (Wildman–Crippen MR) is 97.7 cm³/mol. The first kappa shape index (κ1) is 16.4. The van der Waals surface area contributed by atoms with Crippen molar-refractivity contribution in [3.8, 4) is 0 Å². The van der Waals surface area contributed by atoms with Gasteiger partial charge in [0.25, 0.3) is 0 Å². The van der Waals surface area contributed by atoms with Gasteiger partial charge in [0.2, 0.25) is 0 Å². The molecule has 8 heteroatoms. The summed E-state index contributed by atoms with van der Waals surface area (Å²) in [7, 11) is 0. The Morgan fingerprint density at radius 3 is 2.48 bits per heavy atom. The Morgan fingerprint density at radius 1 is 1.13 bits per heavy atom. The van der Waals surface area contributed by atoms with Crippen molar-refractivity contribution in [2.45, 2.75) is 6.42 Å². The Bertz CT molecular complexity index is 814. The maximum atomic E-state index is 10.9. The predicted octanol–water partition coefficient (Wildman–Crippen LogP) is 3.59. The van der Waals surface area contributed by atoms with Crippen molar-refractivity contribution in [1.82, 2.24) is 9.47 Å². The fourth-order valence-corrected chi connectivity index (χ4v) is 3.45. The van der Waals surface area contributed by atoms with E-state index in [4.69, 9.17) is 52.7 Å². The number of carbonyl (C=O) groups is 1. The first-order valence-electron chi connectivity index (χ1n) is 6.60. The van der Waals surface area contributed by atoms with Crippen LogP contribution in [-0.2, 0) is 11.2 Å². The highest BCUT2D eigenvalue weighted by molar-refractivity contribution is 7.82. The molecule has 1 aromatic carbocycles. The number of hydrogen-bond acceptors (Lipinski definition) is 3. The van der Waals surface area contributed by atoms with Crippen LogP contribution < -0.4 is 0 Å². The van der Waals surface area contributed by atoms with E-state index in [9.17, 15) is 4.79 Å². The van der Waals surface area contributed by atoms with Crippen molar-refractivity contribution in [3.63, 3.8) is 0 Å². The molecule has 23 heavy (non-hydrogen) atoms. The topological polar surface area (TPSA) is 45.5 Å². The van der Waals surface area contributed by atoms with Crippen LogP contribution in [0.2, 0.25) is 10.0 Å². The molecule has 2 aromatic rings. The summed E-state index contributed by atoms with van der Waals surface area (Å²) in [5.41, 5.74) is 2.77. The van der Waals surface area contributed by atoms with E-state index in [0.717, 1.165) is 16.8 Å². The molecule has 1 N–H and O–H groups in total. The van der Waals surface area contributed by atoms with Crippen LogP contribution >= 0.6 is 47.6 Å². The summed E-state index contributed by atoms with van der Waals surface area (Å²) < 4.78 is 1.74. The summed E-state index contributed by atoms with van der Waals surface area (Å²) in [6, 6.07) is 7.40. The van der Waals surface area contributed by atoms with Gasteiger partial charge in [-0.25, -0.2) is 0 Å². The minimum atomic E-state index is -0.975. The molecule has 4 nitrogen and oxygen atoms in total. The molecule has 118 valence electrons. The molecular weight excluding hydrogens is 375 g/mol. The lowest BCUT2D eigenvalue weighted by atomic mass is 10.1. The number of rotatable bonds is 4. The first-order chi connectivity index (χ1) is 10.9. The van der Waals surface area contributed by atoms with E-state index in [1.807, 2.05) is 24.4 Å². The Kier molecular flexibility index (Phi) is 4.42. The zero-order chi connectivity index (χ0) is 16.7. The fraction of sp³-hybridized carbons (Fsp3) is 0.133. The maximum Gasteiger partial charge on any atom is 0.323 e. The van der Waals surface area contributed by atoms with Crippen molar-refractivity contribution in [1.29, 1.82) is 0 Å². The van der Waals surface area contributed by atoms with Crippen molar-refractivity contribution >= 4 is 63.7 Å². The lowest BCUT2D eigenvalue weighted by Crippen LogP contribution is -2.35. The summed E-state index contributed by atoms with van der Waals surface area (Å²) >= 11 is 22.6. The second kappa shape index (κ2) is 6.20. The molecule has 0 unspecified atom stereocenters. The monoisotopic (exact) mass is 384 g/mol. The molecule has 0 radical (unpaired) electrons. The third-order valence-electron chi connectivity index (χ3n) is 3.46. The first-order valence-corrected chi connectivity index (χ1v) is 8.17. The van der Waals surface area contributed by atoms with Gasteiger partial charge in [-0.2, -0.15) is 0 Å². The molecule has 0 amide bonds. The van der Waals surface area contributed by atoms with Crippen molar-refractivity contribution in [2.24, 2.45) is 0 Å². The Balaban J connectivity index is 1.85. The third kappa shape index (κ3) is 3.12. The molecule has 1 aromatic heterocycles. The van der Waals surface area contributed by atoms with E-state index < -0.39 is 5.97 Å². The molecule has 3 rings (SSSR count). The number of hydrogen-bond donors (Lipinski definition) is 1. The van der Waals surface area contributed by atoms with E-state index in [1.54, 1.807) is 10.6 Å². The molecule has 0 saturated carbocycles. The average Bonchev–Trinajstić information content (AvgIpc) is 2.98. The van der Waals surface area contributed by atoms with Gasteiger partial charge in [0.1, 0.15) is 11.5 Å². The van der Waals surface area contributed by atoms with E-state index in [0.29, 0.717) is 26.6 Å². The summed E-state index contributed by atoms with van der Waals surface area (Å²) in [6.07, 6.45) is 2.52. The number of carboxylic acid groups (broad SMARTS) is 1. The van der Waals surface area contributed by atoms with E-state index in [1.165, 1.54) is 4.90 Å². The van der Waals surface area contributed by atoms with Gasteiger partial charge < -0.3 is 5.11 Å². The minimum absolute atomic E-state index is 0.235. The number of aliphatic carboxylic acids is 1. The number of halogens is 2. The fourth-order valence-electron chi connectivity index (χ4n) is 2.45. The van der Waals surface area contributed by atoms with Crippen LogP contribution in [0, 0.1) is 0 Å². The molecule has 0 spiro atoms. The highest BCUT2D eigenvalue weighted by atomic mass is 35.5. The van der Waals surface area contributed by atoms with Crippen LogP contribution in [0.15, 0.2) is 30.5 Å². The highest BCUT2D eigenvalue weighted by Gasteiger charge is 2.31. The Morgan fingerprint density at radius 2 is 1.87 bits per heavy atom. The smallest absolute Gasteiger partial charge is 0.323 e. The molecule has 0 atom stereocenters. The van der Waals surface area contributed by atoms with Crippen LogP contribution in [0.3, 0.4) is 0 Å². The Labute approximate surface area is 153 Å². The number of carboxylic acids is 1. The number of thiocarbonyl (C=S) groups is 2. The molecular formula is C15H10Cl2N2O2S2. The largest absolute Gasteiger partial charge is 0.480 e. The molecule has 0 aliphatic carbocycles. The normalized spacial score (nSPS) is 13.6. The summed E-state index contributed by atoms with van der Waals surface area (Å²) in [6.45, 7) is -0.235. The van der Waals surface area contributed by atoms with Gasteiger partial charge >= 0.3 is 5.97 Å². The van der Waals surface area contributed by atoms with Crippen LogP contribution in [0.5, 0.6) is 0 Å². The standard InChI is InChI=1S/C15H10Cl2N2O2S2/c16-10-2-1-8(4-11(10)17)3-9-5-12-14(22)19(7-13(20)21)15(23)18(12)6-9/h1-2,4-6H,3,7H2,(H,20,21). The molecule has 0 fully saturated rings. The molecule has 2 heterocycles. The average molecular weight is 385 g/mol. The summed E-state index contributed by atoms with van der Waals surface area (Å²) in [4.78, 5) is 12.8. The van der Waals surface area contributed by atoms with Crippen molar-refractivity contribution in [3.05, 3.63) is 57.3 Å². The van der Waals surface area contributed by atoms with Gasteiger partial charge in [-0.15, -0.1) is 0 Å². The van der Waals surface area contributed by atoms with Gasteiger partial charge in [-0.05, 0) is 48.0 Å². The number of aromatic nitrogens is 1.